The first-order valence-corrected chi connectivity index (χ1v) is 10.5. The molecule has 3 fully saturated rings. The number of rotatable bonds is 4. The van der Waals surface area contributed by atoms with E-state index in [1.165, 1.54) is 0 Å². The van der Waals surface area contributed by atoms with Crippen molar-refractivity contribution < 1.29 is 9.53 Å². The van der Waals surface area contributed by atoms with Crippen LogP contribution in [-0.4, -0.2) is 149 Å². The van der Waals surface area contributed by atoms with Crippen molar-refractivity contribution in [3.05, 3.63) is 0 Å². The Labute approximate surface area is 192 Å². The lowest BCUT2D eigenvalue weighted by atomic mass is 10.2. The number of ether oxygens (including phenoxy) is 1. The Kier molecular flexibility index (Phi) is 10.4. The van der Waals surface area contributed by atoms with Gasteiger partial charge in [0.05, 0.1) is 19.8 Å². The molecule has 1 atom stereocenters. The van der Waals surface area contributed by atoms with E-state index in [0.29, 0.717) is 25.8 Å². The summed E-state index contributed by atoms with van der Waals surface area (Å²) in [6.07, 6.45) is 0. The molecule has 0 spiro atoms. The largest absolute Gasteiger partial charge is 0.378 e. The molecule has 1 unspecified atom stereocenters. The van der Waals surface area contributed by atoms with E-state index in [0.717, 1.165) is 71.4 Å². The molecule has 168 valence electrons. The molecule has 0 aliphatic carbocycles. The zero-order valence-corrected chi connectivity index (χ0v) is 20.5. The van der Waals surface area contributed by atoms with Crippen LogP contribution in [0.5, 0.6) is 0 Å². The summed E-state index contributed by atoms with van der Waals surface area (Å²) >= 11 is 0. The fraction of sp³-hybridized carbons (Fsp3) is 0.895. The molecule has 10 heteroatoms. The number of amides is 1. The van der Waals surface area contributed by atoms with Gasteiger partial charge in [-0.2, -0.15) is 0 Å². The number of hydrogen-bond acceptors (Lipinski definition) is 6. The number of halogens is 1. The molecule has 9 nitrogen and oxygen atoms in total. The Balaban J connectivity index is 0.00000300. The second-order valence-corrected chi connectivity index (χ2v) is 8.08. The number of likely N-dealkylation sites (N-methyl/N-ethyl adjacent to an activating group) is 2. The molecule has 3 aliphatic rings. The number of hydrogen-bond donors (Lipinski definition) is 1. The molecule has 0 aromatic rings. The molecular formula is C19H38IN7O2. The van der Waals surface area contributed by atoms with Gasteiger partial charge in [0.2, 0.25) is 5.91 Å². The van der Waals surface area contributed by atoms with Crippen molar-refractivity contribution in [3.8, 4) is 0 Å². The van der Waals surface area contributed by atoms with Crippen LogP contribution in [0, 0.1) is 0 Å². The molecule has 1 N–H and O–H groups in total. The van der Waals surface area contributed by atoms with Crippen LogP contribution in [0.3, 0.4) is 0 Å². The van der Waals surface area contributed by atoms with Crippen LogP contribution in [0.25, 0.3) is 0 Å². The summed E-state index contributed by atoms with van der Waals surface area (Å²) in [5, 5.41) is 3.57. The minimum absolute atomic E-state index is 0. The second-order valence-electron chi connectivity index (χ2n) is 8.08. The maximum Gasteiger partial charge on any atom is 0.236 e. The Hall–Kier alpha value is -0.690. The molecule has 29 heavy (non-hydrogen) atoms. The van der Waals surface area contributed by atoms with Crippen molar-refractivity contribution in [2.75, 3.05) is 106 Å². The normalized spacial score (nSPS) is 25.6. The fourth-order valence-corrected chi connectivity index (χ4v) is 4.09. The van der Waals surface area contributed by atoms with Crippen molar-refractivity contribution in [2.24, 2.45) is 4.99 Å². The van der Waals surface area contributed by atoms with Crippen molar-refractivity contribution in [1.82, 2.24) is 29.8 Å². The van der Waals surface area contributed by atoms with Gasteiger partial charge in [0.1, 0.15) is 0 Å². The fourth-order valence-electron chi connectivity index (χ4n) is 4.09. The van der Waals surface area contributed by atoms with Gasteiger partial charge in [0, 0.05) is 78.5 Å². The van der Waals surface area contributed by atoms with Gasteiger partial charge in [0.25, 0.3) is 0 Å². The van der Waals surface area contributed by atoms with Crippen LogP contribution >= 0.6 is 24.0 Å². The third kappa shape index (κ3) is 7.20. The summed E-state index contributed by atoms with van der Waals surface area (Å²) in [7, 11) is 6.24. The van der Waals surface area contributed by atoms with E-state index in [2.05, 4.69) is 44.0 Å². The van der Waals surface area contributed by atoms with Crippen molar-refractivity contribution >= 4 is 35.8 Å². The van der Waals surface area contributed by atoms with Crippen molar-refractivity contribution in [2.45, 2.75) is 6.04 Å². The van der Waals surface area contributed by atoms with E-state index in [4.69, 9.17) is 4.74 Å². The number of guanidine groups is 1. The standard InChI is InChI=1S/C19H37N7O2.HI/c1-20-19(21-14-17-15-22(2)4-5-23(17)3)26-8-6-24(7-9-26)16-18(27)25-10-12-28-13-11-25;/h17H,4-16H2,1-3H3,(H,20,21);1H. The third-order valence-corrected chi connectivity index (χ3v) is 6.08. The van der Waals surface area contributed by atoms with E-state index in [1.54, 1.807) is 0 Å². The molecule has 0 aromatic carbocycles. The highest BCUT2D eigenvalue weighted by Gasteiger charge is 2.26. The molecule has 1 amide bonds. The first-order valence-electron chi connectivity index (χ1n) is 10.5. The summed E-state index contributed by atoms with van der Waals surface area (Å²) in [5.74, 6) is 1.20. The van der Waals surface area contributed by atoms with E-state index in [-0.39, 0.29) is 29.9 Å². The zero-order chi connectivity index (χ0) is 19.9. The number of morpholine rings is 1. The van der Waals surface area contributed by atoms with Gasteiger partial charge in [-0.1, -0.05) is 0 Å². The lowest BCUT2D eigenvalue weighted by Gasteiger charge is -2.40. The van der Waals surface area contributed by atoms with Crippen LogP contribution < -0.4 is 5.32 Å². The summed E-state index contributed by atoms with van der Waals surface area (Å²) < 4.78 is 5.33. The molecule has 0 radical (unpaired) electrons. The number of aliphatic imine (C=N–C) groups is 1. The highest BCUT2D eigenvalue weighted by atomic mass is 127. The first kappa shape index (κ1) is 24.6. The van der Waals surface area contributed by atoms with Gasteiger partial charge in [-0.05, 0) is 14.1 Å². The second kappa shape index (κ2) is 12.2. The Morgan fingerprint density at radius 2 is 1.69 bits per heavy atom. The Bertz CT molecular complexity index is 537. The average Bonchev–Trinajstić information content (AvgIpc) is 2.72. The van der Waals surface area contributed by atoms with Crippen LogP contribution in [0.2, 0.25) is 0 Å². The maximum atomic E-state index is 12.4. The van der Waals surface area contributed by atoms with E-state index in [9.17, 15) is 4.79 Å². The van der Waals surface area contributed by atoms with E-state index >= 15 is 0 Å². The van der Waals surface area contributed by atoms with Gasteiger partial charge < -0.3 is 24.8 Å². The minimum atomic E-state index is 0. The molecule has 3 heterocycles. The van der Waals surface area contributed by atoms with E-state index < -0.39 is 0 Å². The summed E-state index contributed by atoms with van der Waals surface area (Å²) in [5.41, 5.74) is 0. The number of nitrogens with zero attached hydrogens (tertiary/aromatic N) is 6. The van der Waals surface area contributed by atoms with Gasteiger partial charge >= 0.3 is 0 Å². The SMILES string of the molecule is CN=C(NCC1CN(C)CCN1C)N1CCN(CC(=O)N2CCOCC2)CC1.I. The van der Waals surface area contributed by atoms with Crippen LogP contribution in [-0.2, 0) is 9.53 Å². The molecule has 3 saturated heterocycles. The molecule has 0 bridgehead atoms. The van der Waals surface area contributed by atoms with Gasteiger partial charge in [-0.25, -0.2) is 0 Å². The summed E-state index contributed by atoms with van der Waals surface area (Å²) in [6, 6.07) is 0.503. The monoisotopic (exact) mass is 523 g/mol. The molecular weight excluding hydrogens is 485 g/mol. The lowest BCUT2D eigenvalue weighted by molar-refractivity contribution is -0.136. The summed E-state index contributed by atoms with van der Waals surface area (Å²) in [4.78, 5) is 28.2. The topological polar surface area (TPSA) is 66.9 Å². The van der Waals surface area contributed by atoms with Crippen LogP contribution in [0.15, 0.2) is 4.99 Å². The van der Waals surface area contributed by atoms with E-state index in [1.807, 2.05) is 11.9 Å². The van der Waals surface area contributed by atoms with Gasteiger partial charge in [-0.15, -0.1) is 24.0 Å². The summed E-state index contributed by atoms with van der Waals surface area (Å²) in [6.45, 7) is 11.1. The predicted octanol–water partition coefficient (Wildman–Crippen LogP) is -1.10. The Morgan fingerprint density at radius 3 is 2.34 bits per heavy atom. The molecule has 3 aliphatic heterocycles. The van der Waals surface area contributed by atoms with Crippen LogP contribution in [0.4, 0.5) is 0 Å². The molecule has 0 saturated carbocycles. The van der Waals surface area contributed by atoms with Gasteiger partial charge in [-0.3, -0.25) is 19.6 Å². The third-order valence-electron chi connectivity index (χ3n) is 6.08. The minimum Gasteiger partial charge on any atom is -0.378 e. The Morgan fingerprint density at radius 1 is 1.00 bits per heavy atom. The molecule has 3 rings (SSSR count). The highest BCUT2D eigenvalue weighted by Crippen LogP contribution is 2.07. The number of nitrogens with one attached hydrogen (secondary N) is 1. The average molecular weight is 523 g/mol. The smallest absolute Gasteiger partial charge is 0.236 e. The number of carbonyl (C=O) groups is 1. The number of carbonyl (C=O) groups excluding carboxylic acids is 1. The lowest BCUT2D eigenvalue weighted by Crippen LogP contribution is -2.58. The van der Waals surface area contributed by atoms with Crippen molar-refractivity contribution in [1.29, 1.82) is 0 Å². The highest BCUT2D eigenvalue weighted by molar-refractivity contribution is 14.0. The zero-order valence-electron chi connectivity index (χ0n) is 18.2. The van der Waals surface area contributed by atoms with Gasteiger partial charge in [0.15, 0.2) is 5.96 Å². The first-order chi connectivity index (χ1) is 13.6. The molecule has 0 aromatic heterocycles. The maximum absolute atomic E-state index is 12.4. The quantitative estimate of drug-likeness (QED) is 0.285. The van der Waals surface area contributed by atoms with Crippen LogP contribution in [0.1, 0.15) is 0 Å². The number of piperazine rings is 2. The predicted molar refractivity (Wildman–Crippen MR) is 126 cm³/mol. The van der Waals surface area contributed by atoms with Crippen molar-refractivity contribution in [3.63, 3.8) is 0 Å².